The van der Waals surface area contributed by atoms with E-state index in [1.165, 1.54) is 21.6 Å². The van der Waals surface area contributed by atoms with Gasteiger partial charge in [-0.3, -0.25) is 0 Å². The number of hydrogen-bond acceptors (Lipinski definition) is 4. The van der Waals surface area contributed by atoms with Crippen LogP contribution < -0.4 is 24.4 Å². The van der Waals surface area contributed by atoms with Gasteiger partial charge in [-0.1, -0.05) is 26.0 Å². The third-order valence-corrected chi connectivity index (χ3v) is 5.41. The van der Waals surface area contributed by atoms with Gasteiger partial charge < -0.3 is 24.4 Å². The Morgan fingerprint density at radius 2 is 1.96 bits per heavy atom. The number of hydrogen-bond donors (Lipinski definition) is 2. The van der Waals surface area contributed by atoms with Crippen molar-refractivity contribution in [2.75, 3.05) is 32.8 Å². The lowest BCUT2D eigenvalue weighted by Crippen LogP contribution is -3.11. The second-order valence-corrected chi connectivity index (χ2v) is 7.42. The molecule has 26 heavy (non-hydrogen) atoms. The molecule has 0 aromatic heterocycles. The maximum absolute atomic E-state index is 5.76. The van der Waals surface area contributed by atoms with E-state index in [0.717, 1.165) is 35.9 Å². The Hall–Kier alpha value is -2.40. The molecule has 5 heteroatoms. The predicted octanol–water partition coefficient (Wildman–Crippen LogP) is 2.73. The summed E-state index contributed by atoms with van der Waals surface area (Å²) in [6.45, 7) is 5.74. The summed E-state index contributed by atoms with van der Waals surface area (Å²) >= 11 is 0. The minimum Gasteiger partial charge on any atom is -0.492 e. The van der Waals surface area contributed by atoms with Crippen molar-refractivity contribution in [1.82, 2.24) is 0 Å². The van der Waals surface area contributed by atoms with E-state index in [0.29, 0.717) is 5.92 Å². The summed E-state index contributed by atoms with van der Waals surface area (Å²) in [5, 5.41) is 3.71. The van der Waals surface area contributed by atoms with Gasteiger partial charge in [-0.05, 0) is 35.2 Å². The zero-order chi connectivity index (χ0) is 18.3. The first kappa shape index (κ1) is 17.0. The molecule has 2 aliphatic heterocycles. The third kappa shape index (κ3) is 2.86. The minimum atomic E-state index is 0.105. The summed E-state index contributed by atoms with van der Waals surface area (Å²) in [6, 6.07) is 10.8. The van der Waals surface area contributed by atoms with Crippen LogP contribution in [0.2, 0.25) is 0 Å². The molecule has 2 atom stereocenters. The molecule has 0 aliphatic carbocycles. The second kappa shape index (κ2) is 6.72. The van der Waals surface area contributed by atoms with Gasteiger partial charge in [0.15, 0.2) is 17.7 Å². The van der Waals surface area contributed by atoms with Gasteiger partial charge in [0, 0.05) is 12.1 Å². The highest BCUT2D eigenvalue weighted by atomic mass is 16.7. The number of benzene rings is 2. The second-order valence-electron chi connectivity index (χ2n) is 7.42. The number of methoxy groups -OCH3 is 1. The van der Waals surface area contributed by atoms with E-state index in [4.69, 9.17) is 14.2 Å². The van der Waals surface area contributed by atoms with Crippen LogP contribution in [0.5, 0.6) is 17.2 Å². The van der Waals surface area contributed by atoms with Crippen LogP contribution in [-0.2, 0) is 6.42 Å². The Bertz CT molecular complexity index is 802. The molecule has 2 aromatic rings. The Labute approximate surface area is 154 Å². The minimum absolute atomic E-state index is 0.105. The number of fused-ring (bicyclic) bond motifs is 2. The molecule has 4 rings (SSSR count). The fourth-order valence-electron chi connectivity index (χ4n) is 3.85. The first-order chi connectivity index (χ1) is 12.6. The first-order valence-corrected chi connectivity index (χ1v) is 9.26. The molecule has 2 aliphatic rings. The third-order valence-electron chi connectivity index (χ3n) is 5.41. The van der Waals surface area contributed by atoms with Gasteiger partial charge in [-0.2, -0.15) is 0 Å². The summed E-state index contributed by atoms with van der Waals surface area (Å²) in [5.74, 6) is 2.85. The largest absolute Gasteiger partial charge is 0.492 e. The molecule has 0 bridgehead atoms. The van der Waals surface area contributed by atoms with E-state index in [-0.39, 0.29) is 13.0 Å². The number of rotatable bonds is 4. The van der Waals surface area contributed by atoms with Gasteiger partial charge in [0.25, 0.3) is 0 Å². The van der Waals surface area contributed by atoms with Gasteiger partial charge in [0.2, 0.25) is 12.5 Å². The number of anilines is 1. The zero-order valence-electron chi connectivity index (χ0n) is 15.9. The lowest BCUT2D eigenvalue weighted by atomic mass is 9.94. The van der Waals surface area contributed by atoms with Crippen molar-refractivity contribution in [1.29, 1.82) is 0 Å². The molecule has 138 valence electrons. The van der Waals surface area contributed by atoms with Gasteiger partial charge in [-0.15, -0.1) is 0 Å². The molecule has 0 amide bonds. The van der Waals surface area contributed by atoms with Crippen LogP contribution in [0.15, 0.2) is 30.3 Å². The summed E-state index contributed by atoms with van der Waals surface area (Å²) in [7, 11) is 3.92. The molecule has 0 radical (unpaired) electrons. The molecule has 0 fully saturated rings. The lowest BCUT2D eigenvalue weighted by molar-refractivity contribution is -0.910. The molecule has 2 N–H and O–H groups in total. The van der Waals surface area contributed by atoms with E-state index in [9.17, 15) is 0 Å². The van der Waals surface area contributed by atoms with Gasteiger partial charge in [-0.25, -0.2) is 0 Å². The van der Waals surface area contributed by atoms with Crippen molar-refractivity contribution in [3.63, 3.8) is 0 Å². The standard InChI is InChI=1S/C21H26N2O3/c1-13(2)14-5-7-16(8-6-14)22-21-18-15(9-10-23(21)3)11-17-19(20(18)24-4)26-12-25-17/h5-8,11,13,21-22H,9-10,12H2,1-4H3/p+1/t21-/m1/s1. The molecule has 2 heterocycles. The first-order valence-electron chi connectivity index (χ1n) is 9.26. The molecule has 0 saturated carbocycles. The Morgan fingerprint density at radius 1 is 1.19 bits per heavy atom. The highest BCUT2D eigenvalue weighted by molar-refractivity contribution is 5.62. The topological polar surface area (TPSA) is 44.2 Å². The smallest absolute Gasteiger partial charge is 0.231 e. The van der Waals surface area contributed by atoms with Crippen molar-refractivity contribution >= 4 is 5.69 Å². The van der Waals surface area contributed by atoms with E-state index >= 15 is 0 Å². The van der Waals surface area contributed by atoms with Gasteiger partial charge >= 0.3 is 0 Å². The maximum Gasteiger partial charge on any atom is 0.231 e. The van der Waals surface area contributed by atoms with Crippen LogP contribution in [0.4, 0.5) is 5.69 Å². The highest BCUT2D eigenvalue weighted by Crippen LogP contribution is 2.47. The molecule has 2 aromatic carbocycles. The number of quaternary nitrogens is 1. The summed E-state index contributed by atoms with van der Waals surface area (Å²) in [4.78, 5) is 1.41. The predicted molar refractivity (Wildman–Crippen MR) is 101 cm³/mol. The summed E-state index contributed by atoms with van der Waals surface area (Å²) in [5.41, 5.74) is 4.91. The van der Waals surface area contributed by atoms with Crippen LogP contribution in [0.25, 0.3) is 0 Å². The lowest BCUT2D eigenvalue weighted by Gasteiger charge is -2.33. The number of nitrogens with one attached hydrogen (secondary N) is 2. The van der Waals surface area contributed by atoms with Crippen LogP contribution in [0.1, 0.15) is 42.6 Å². The molecule has 1 unspecified atom stereocenters. The quantitative estimate of drug-likeness (QED) is 0.885. The SMILES string of the molecule is COc1c2c(cc3c1[C@H](Nc1ccc(C(C)C)cc1)[NH+](C)CC3)OCO2. The Kier molecular flexibility index (Phi) is 4.41. The molecule has 0 saturated heterocycles. The molecule has 0 spiro atoms. The van der Waals surface area contributed by atoms with E-state index in [1.807, 2.05) is 0 Å². The van der Waals surface area contributed by atoms with Crippen molar-refractivity contribution in [3.8, 4) is 17.2 Å². The normalized spacial score (nSPS) is 20.8. The maximum atomic E-state index is 5.76. The van der Waals surface area contributed by atoms with Gasteiger partial charge in [0.1, 0.15) is 0 Å². The Morgan fingerprint density at radius 3 is 2.65 bits per heavy atom. The highest BCUT2D eigenvalue weighted by Gasteiger charge is 2.36. The number of likely N-dealkylation sites (N-methyl/N-ethyl adjacent to an activating group) is 1. The van der Waals surface area contributed by atoms with Crippen molar-refractivity contribution in [3.05, 3.63) is 47.0 Å². The monoisotopic (exact) mass is 355 g/mol. The van der Waals surface area contributed by atoms with Crippen LogP contribution in [0, 0.1) is 0 Å². The van der Waals surface area contributed by atoms with Crippen LogP contribution in [-0.4, -0.2) is 27.5 Å². The summed E-state index contributed by atoms with van der Waals surface area (Å²) in [6.07, 6.45) is 1.10. The van der Waals surface area contributed by atoms with Crippen molar-refractivity contribution in [2.24, 2.45) is 0 Å². The average molecular weight is 355 g/mol. The molecular weight excluding hydrogens is 328 g/mol. The van der Waals surface area contributed by atoms with Crippen molar-refractivity contribution < 1.29 is 19.1 Å². The molecular formula is C21H27N2O3+. The van der Waals surface area contributed by atoms with Crippen molar-refractivity contribution in [2.45, 2.75) is 32.4 Å². The van der Waals surface area contributed by atoms with Crippen LogP contribution in [0.3, 0.4) is 0 Å². The molecule has 5 nitrogen and oxygen atoms in total. The van der Waals surface area contributed by atoms with E-state index < -0.39 is 0 Å². The van der Waals surface area contributed by atoms with Crippen LogP contribution >= 0.6 is 0 Å². The zero-order valence-corrected chi connectivity index (χ0v) is 15.9. The average Bonchev–Trinajstić information content (AvgIpc) is 3.11. The van der Waals surface area contributed by atoms with Gasteiger partial charge in [0.05, 0.1) is 26.3 Å². The fraction of sp³-hybridized carbons (Fsp3) is 0.429. The van der Waals surface area contributed by atoms with E-state index in [1.54, 1.807) is 7.11 Å². The Balaban J connectivity index is 1.71. The summed E-state index contributed by atoms with van der Waals surface area (Å²) < 4.78 is 17.0. The fourth-order valence-corrected chi connectivity index (χ4v) is 3.85. The van der Waals surface area contributed by atoms with E-state index in [2.05, 4.69) is 56.5 Å². The number of ether oxygens (including phenoxy) is 3.